The van der Waals surface area contributed by atoms with Gasteiger partial charge in [-0.3, -0.25) is 5.10 Å². The lowest BCUT2D eigenvalue weighted by Gasteiger charge is -2.14. The Morgan fingerprint density at radius 2 is 2.12 bits per heavy atom. The van der Waals surface area contributed by atoms with Crippen LogP contribution in [0.3, 0.4) is 0 Å². The summed E-state index contributed by atoms with van der Waals surface area (Å²) >= 11 is 0. The summed E-state index contributed by atoms with van der Waals surface area (Å²) in [5, 5.41) is 14.8. The molecule has 25 heavy (non-hydrogen) atoms. The Morgan fingerprint density at radius 3 is 2.84 bits per heavy atom. The fraction of sp³-hybridized carbons (Fsp3) is 0.222. The second kappa shape index (κ2) is 5.54. The molecule has 4 rings (SSSR count). The molecule has 0 amide bonds. The van der Waals surface area contributed by atoms with Gasteiger partial charge < -0.3 is 5.32 Å². The minimum absolute atomic E-state index is 0.0247. The number of alkyl halides is 1. The van der Waals surface area contributed by atoms with Crippen LogP contribution in [-0.4, -0.2) is 26.9 Å². The maximum atomic E-state index is 14.9. The molecule has 0 saturated carbocycles. The average molecular weight is 341 g/mol. The molecule has 0 bridgehead atoms. The molecular weight excluding hydrogens is 324 g/mol. The van der Waals surface area contributed by atoms with Crippen molar-refractivity contribution in [3.05, 3.63) is 47.5 Å². The zero-order valence-corrected chi connectivity index (χ0v) is 14.1. The highest BCUT2D eigenvalue weighted by Crippen LogP contribution is 2.38. The van der Waals surface area contributed by atoms with E-state index in [1.54, 1.807) is 24.7 Å². The summed E-state index contributed by atoms with van der Waals surface area (Å²) in [5.74, 6) is 0.209. The molecule has 0 aliphatic carbocycles. The van der Waals surface area contributed by atoms with E-state index in [1.807, 2.05) is 24.4 Å². The molecule has 0 aliphatic rings. The van der Waals surface area contributed by atoms with E-state index in [9.17, 15) is 8.78 Å². The number of rotatable bonds is 3. The number of hydrogen-bond acceptors (Lipinski definition) is 3. The summed E-state index contributed by atoms with van der Waals surface area (Å²) in [5.41, 5.74) is 3.25. The topological polar surface area (TPSA) is 58.0 Å². The summed E-state index contributed by atoms with van der Waals surface area (Å²) in [6, 6.07) is 5.70. The van der Waals surface area contributed by atoms with Crippen molar-refractivity contribution >= 4 is 22.2 Å². The number of benzene rings is 1. The molecule has 7 heteroatoms. The van der Waals surface area contributed by atoms with Crippen LogP contribution < -0.4 is 5.32 Å². The quantitative estimate of drug-likeness (QED) is 0.581. The van der Waals surface area contributed by atoms with Crippen LogP contribution in [0, 0.1) is 12.7 Å². The lowest BCUT2D eigenvalue weighted by atomic mass is 9.93. The molecule has 5 nitrogen and oxygen atoms in total. The molecule has 0 aliphatic heterocycles. The Kier molecular flexibility index (Phi) is 3.45. The van der Waals surface area contributed by atoms with Gasteiger partial charge in [0.2, 0.25) is 0 Å². The van der Waals surface area contributed by atoms with E-state index in [-0.39, 0.29) is 5.56 Å². The van der Waals surface area contributed by atoms with Gasteiger partial charge in [0.1, 0.15) is 17.8 Å². The van der Waals surface area contributed by atoms with Gasteiger partial charge in [-0.05, 0) is 42.7 Å². The Bertz CT molecular complexity index is 1090. The highest BCUT2D eigenvalue weighted by Gasteiger charge is 2.23. The van der Waals surface area contributed by atoms with E-state index < -0.39 is 12.0 Å². The van der Waals surface area contributed by atoms with E-state index in [0.29, 0.717) is 22.0 Å². The Labute approximate surface area is 142 Å². The minimum Gasteiger partial charge on any atom is -0.372 e. The van der Waals surface area contributed by atoms with Crippen molar-refractivity contribution in [2.45, 2.75) is 20.0 Å². The Balaban J connectivity index is 2.02. The van der Waals surface area contributed by atoms with Crippen molar-refractivity contribution in [3.63, 3.8) is 0 Å². The van der Waals surface area contributed by atoms with Crippen LogP contribution in [0.2, 0.25) is 0 Å². The van der Waals surface area contributed by atoms with Gasteiger partial charge in [-0.25, -0.2) is 13.3 Å². The number of aromatic nitrogens is 4. The zero-order chi connectivity index (χ0) is 17.7. The first-order valence-electron chi connectivity index (χ1n) is 7.98. The molecule has 128 valence electrons. The number of pyridine rings is 1. The first kappa shape index (κ1) is 15.6. The number of hydrogen-bond donors (Lipinski definition) is 2. The molecule has 0 saturated heterocycles. The molecule has 3 heterocycles. The predicted molar refractivity (Wildman–Crippen MR) is 94.0 cm³/mol. The van der Waals surface area contributed by atoms with Crippen LogP contribution in [0.25, 0.3) is 27.5 Å². The number of aromatic amines is 1. The van der Waals surface area contributed by atoms with Gasteiger partial charge in [0.05, 0.1) is 17.2 Å². The number of nitrogens with zero attached hydrogens (tertiary/aromatic N) is 3. The van der Waals surface area contributed by atoms with Crippen molar-refractivity contribution < 1.29 is 8.78 Å². The van der Waals surface area contributed by atoms with Crippen LogP contribution >= 0.6 is 0 Å². The molecule has 1 aromatic carbocycles. The van der Waals surface area contributed by atoms with Crippen molar-refractivity contribution in [3.8, 4) is 11.1 Å². The van der Waals surface area contributed by atoms with Gasteiger partial charge >= 0.3 is 0 Å². The number of anilines is 1. The molecule has 0 radical (unpaired) electrons. The lowest BCUT2D eigenvalue weighted by Crippen LogP contribution is -2.00. The second-order valence-corrected chi connectivity index (χ2v) is 6.07. The second-order valence-electron chi connectivity index (χ2n) is 6.07. The van der Waals surface area contributed by atoms with Gasteiger partial charge in [-0.15, -0.1) is 0 Å². The van der Waals surface area contributed by atoms with E-state index >= 15 is 0 Å². The normalized spacial score (nSPS) is 12.8. The highest BCUT2D eigenvalue weighted by atomic mass is 19.1. The molecule has 0 fully saturated rings. The zero-order valence-electron chi connectivity index (χ0n) is 14.1. The monoisotopic (exact) mass is 341 g/mol. The summed E-state index contributed by atoms with van der Waals surface area (Å²) in [6.45, 7) is 3.00. The maximum absolute atomic E-state index is 14.9. The average Bonchev–Trinajstić information content (AvgIpc) is 3.21. The van der Waals surface area contributed by atoms with E-state index in [2.05, 4.69) is 20.6 Å². The fourth-order valence-corrected chi connectivity index (χ4v) is 3.32. The third-order valence-electron chi connectivity index (χ3n) is 4.52. The van der Waals surface area contributed by atoms with Gasteiger partial charge in [0.25, 0.3) is 0 Å². The third-order valence-corrected chi connectivity index (χ3v) is 4.52. The lowest BCUT2D eigenvalue weighted by molar-refractivity contribution is 0.363. The summed E-state index contributed by atoms with van der Waals surface area (Å²) in [6.07, 6.45) is 2.01. The van der Waals surface area contributed by atoms with E-state index in [0.717, 1.165) is 16.9 Å². The summed E-state index contributed by atoms with van der Waals surface area (Å²) < 4.78 is 30.6. The third kappa shape index (κ3) is 2.26. The van der Waals surface area contributed by atoms with Crippen LogP contribution in [0.5, 0.6) is 0 Å². The van der Waals surface area contributed by atoms with Crippen LogP contribution in [0.4, 0.5) is 14.6 Å². The first-order valence-corrected chi connectivity index (χ1v) is 7.98. The number of halogens is 2. The molecule has 1 unspecified atom stereocenters. The van der Waals surface area contributed by atoms with Crippen molar-refractivity contribution in [2.24, 2.45) is 0 Å². The summed E-state index contributed by atoms with van der Waals surface area (Å²) in [7, 11) is 1.80. The Hall–Kier alpha value is -2.96. The van der Waals surface area contributed by atoms with Gasteiger partial charge in [-0.2, -0.15) is 10.2 Å². The van der Waals surface area contributed by atoms with Gasteiger partial charge in [-0.1, -0.05) is 0 Å². The Morgan fingerprint density at radius 1 is 1.32 bits per heavy atom. The van der Waals surface area contributed by atoms with Crippen molar-refractivity contribution in [1.29, 1.82) is 0 Å². The number of fused-ring (bicyclic) bond motifs is 2. The highest BCUT2D eigenvalue weighted by molar-refractivity contribution is 5.98. The van der Waals surface area contributed by atoms with Crippen LogP contribution in [0.15, 0.2) is 30.6 Å². The van der Waals surface area contributed by atoms with Crippen molar-refractivity contribution in [1.82, 2.24) is 19.8 Å². The van der Waals surface area contributed by atoms with Crippen molar-refractivity contribution in [2.75, 3.05) is 12.4 Å². The molecular formula is C18H17F2N5. The number of nitrogens with one attached hydrogen (secondary N) is 2. The maximum Gasteiger partial charge on any atom is 0.148 e. The van der Waals surface area contributed by atoms with Crippen LogP contribution in [-0.2, 0) is 0 Å². The largest absolute Gasteiger partial charge is 0.372 e. The first-order chi connectivity index (χ1) is 12.0. The SMILES string of the molecule is CNc1cc2cc(-c3c(C)c(F)c(C(C)F)c4[nH]ncc34)ccn2n1. The van der Waals surface area contributed by atoms with E-state index in [1.165, 1.54) is 6.92 Å². The fourth-order valence-electron chi connectivity index (χ4n) is 3.32. The van der Waals surface area contributed by atoms with Gasteiger partial charge in [0, 0.05) is 30.3 Å². The van der Waals surface area contributed by atoms with Crippen LogP contribution in [0.1, 0.15) is 24.2 Å². The van der Waals surface area contributed by atoms with Gasteiger partial charge in [0.15, 0.2) is 0 Å². The predicted octanol–water partition coefficient (Wildman–Crippen LogP) is 4.40. The molecule has 4 aromatic rings. The molecule has 2 N–H and O–H groups in total. The number of H-pyrrole nitrogens is 1. The minimum atomic E-state index is -1.42. The molecule has 3 aromatic heterocycles. The summed E-state index contributed by atoms with van der Waals surface area (Å²) in [4.78, 5) is 0. The molecule has 0 spiro atoms. The standard InChI is InChI=1S/C18H17F2N5/c1-9-15(11-4-5-25-12(6-11)7-14(21-3)24-25)13-8-22-23-18(13)16(10(2)19)17(9)20/h4-8,10H,1-3H3,(H,21,24)(H,22,23). The smallest absolute Gasteiger partial charge is 0.148 e. The molecule has 1 atom stereocenters. The van der Waals surface area contributed by atoms with E-state index in [4.69, 9.17) is 0 Å².